The van der Waals surface area contributed by atoms with Gasteiger partial charge in [0.15, 0.2) is 0 Å². The Balaban J connectivity index is 2.00. The molecule has 2 nitrogen and oxygen atoms in total. The van der Waals surface area contributed by atoms with Crippen LogP contribution in [0.4, 0.5) is 0 Å². The molecule has 5 heteroatoms. The lowest BCUT2D eigenvalue weighted by Gasteiger charge is -2.08. The fourth-order valence-corrected chi connectivity index (χ4v) is 5.07. The molecule has 0 N–H and O–H groups in total. The van der Waals surface area contributed by atoms with Gasteiger partial charge in [0.2, 0.25) is 5.78 Å². The Kier molecular flexibility index (Phi) is 4.37. The number of halogens is 1. The lowest BCUT2D eigenvalue weighted by atomic mass is 10.1. The average Bonchev–Trinajstić information content (AvgIpc) is 2.90. The molecule has 0 bridgehead atoms. The molecular weight excluding hydrogens is 403 g/mol. The number of fused-ring (bicyclic) bond motifs is 1. The third-order valence-corrected chi connectivity index (χ3v) is 6.17. The number of hydrogen-bond donors (Lipinski definition) is 0. The summed E-state index contributed by atoms with van der Waals surface area (Å²) in [6.07, 6.45) is 1.08. The third kappa shape index (κ3) is 2.76. The third-order valence-electron chi connectivity index (χ3n) is 3.26. The van der Waals surface area contributed by atoms with Crippen molar-refractivity contribution in [3.8, 4) is 5.75 Å². The summed E-state index contributed by atoms with van der Waals surface area (Å²) in [4.78, 5) is 14.9. The molecule has 20 heavy (non-hydrogen) atoms. The maximum atomic E-state index is 12.7. The first-order valence-electron chi connectivity index (χ1n) is 6.26. The fraction of sp³-hybridized carbons (Fsp3) is 0.267. The zero-order valence-corrected chi connectivity index (χ0v) is 14.7. The number of carbonyl (C=O) groups is 1. The molecule has 0 spiro atoms. The number of aryl methyl sites for hydroxylation is 1. The summed E-state index contributed by atoms with van der Waals surface area (Å²) in [6, 6.07) is 7.77. The van der Waals surface area contributed by atoms with Crippen LogP contribution in [0, 0.1) is 3.57 Å². The van der Waals surface area contributed by atoms with E-state index in [1.165, 1.54) is 10.4 Å². The minimum Gasteiger partial charge on any atom is -0.496 e. The van der Waals surface area contributed by atoms with Gasteiger partial charge in [-0.3, -0.25) is 4.79 Å². The Morgan fingerprint density at radius 1 is 1.35 bits per heavy atom. The number of thioether (sulfide) groups is 1. The summed E-state index contributed by atoms with van der Waals surface area (Å²) in [7, 11) is 1.61. The minimum atomic E-state index is 0.0739. The Bertz CT molecular complexity index is 640. The highest BCUT2D eigenvalue weighted by Gasteiger charge is 2.21. The smallest absolute Gasteiger partial charge is 0.206 e. The van der Waals surface area contributed by atoms with Crippen LogP contribution in [0.15, 0.2) is 24.3 Å². The topological polar surface area (TPSA) is 26.3 Å². The molecule has 1 aromatic heterocycles. The second kappa shape index (κ2) is 6.07. The van der Waals surface area contributed by atoms with Gasteiger partial charge in [-0.1, -0.05) is 0 Å². The normalized spacial score (nSPS) is 13.9. The molecule has 1 aliphatic heterocycles. The molecule has 104 valence electrons. The molecule has 0 amide bonds. The molecule has 1 aliphatic rings. The Labute approximate surface area is 140 Å². The first kappa shape index (κ1) is 14.4. The standard InChI is InChI=1S/C15H13IO2S2/c1-18-12-3-2-10(16)7-11(12)15(17)14-6-9-8-19-5-4-13(9)20-14/h2-3,6-7H,4-5,8H2,1H3. The maximum Gasteiger partial charge on any atom is 0.206 e. The molecule has 0 unspecified atom stereocenters. The van der Waals surface area contributed by atoms with Crippen molar-refractivity contribution >= 4 is 51.5 Å². The van der Waals surface area contributed by atoms with E-state index in [0.29, 0.717) is 11.3 Å². The molecule has 0 saturated carbocycles. The summed E-state index contributed by atoms with van der Waals surface area (Å²) in [5.74, 6) is 2.91. The van der Waals surface area contributed by atoms with Gasteiger partial charge in [-0.15, -0.1) is 11.3 Å². The van der Waals surface area contributed by atoms with Crippen molar-refractivity contribution in [1.29, 1.82) is 0 Å². The van der Waals surface area contributed by atoms with Gasteiger partial charge in [-0.05, 0) is 64.6 Å². The summed E-state index contributed by atoms with van der Waals surface area (Å²) >= 11 is 5.80. The maximum absolute atomic E-state index is 12.7. The van der Waals surface area contributed by atoms with Crippen molar-refractivity contribution in [3.05, 3.63) is 48.7 Å². The van der Waals surface area contributed by atoms with E-state index in [2.05, 4.69) is 28.7 Å². The van der Waals surface area contributed by atoms with Gasteiger partial charge < -0.3 is 4.74 Å². The van der Waals surface area contributed by atoms with E-state index >= 15 is 0 Å². The molecule has 0 fully saturated rings. The first-order chi connectivity index (χ1) is 9.69. The highest BCUT2D eigenvalue weighted by molar-refractivity contribution is 14.1. The van der Waals surface area contributed by atoms with Gasteiger partial charge in [-0.2, -0.15) is 11.8 Å². The van der Waals surface area contributed by atoms with Crippen molar-refractivity contribution in [2.24, 2.45) is 0 Å². The molecule has 1 aromatic carbocycles. The molecular formula is C15H13IO2S2. The average molecular weight is 416 g/mol. The van der Waals surface area contributed by atoms with Crippen LogP contribution >= 0.6 is 45.7 Å². The lowest BCUT2D eigenvalue weighted by Crippen LogP contribution is -2.02. The number of rotatable bonds is 3. The highest BCUT2D eigenvalue weighted by Crippen LogP contribution is 2.34. The van der Waals surface area contributed by atoms with Crippen molar-refractivity contribution in [2.45, 2.75) is 12.2 Å². The summed E-state index contributed by atoms with van der Waals surface area (Å²) in [5.41, 5.74) is 1.99. The van der Waals surface area contributed by atoms with Gasteiger partial charge in [0.05, 0.1) is 17.6 Å². The SMILES string of the molecule is COc1ccc(I)cc1C(=O)c1cc2c(s1)CCSC2. The monoisotopic (exact) mass is 416 g/mol. The van der Waals surface area contributed by atoms with E-state index in [9.17, 15) is 4.79 Å². The number of benzene rings is 1. The molecule has 3 rings (SSSR count). The predicted octanol–water partition coefficient (Wildman–Crippen LogP) is 4.38. The van der Waals surface area contributed by atoms with Gasteiger partial charge >= 0.3 is 0 Å². The molecule has 0 radical (unpaired) electrons. The van der Waals surface area contributed by atoms with Gasteiger partial charge in [0, 0.05) is 14.2 Å². The van der Waals surface area contributed by atoms with Crippen LogP contribution in [0.5, 0.6) is 5.75 Å². The largest absolute Gasteiger partial charge is 0.496 e. The van der Waals surface area contributed by atoms with E-state index in [-0.39, 0.29) is 5.78 Å². The van der Waals surface area contributed by atoms with E-state index in [1.54, 1.807) is 18.4 Å². The van der Waals surface area contributed by atoms with Gasteiger partial charge in [0.1, 0.15) is 5.75 Å². The number of ether oxygens (including phenoxy) is 1. The summed E-state index contributed by atoms with van der Waals surface area (Å²) in [6.45, 7) is 0. The number of carbonyl (C=O) groups excluding carboxylic acids is 1. The van der Waals surface area contributed by atoms with E-state index in [1.807, 2.05) is 30.0 Å². The summed E-state index contributed by atoms with van der Waals surface area (Å²) < 4.78 is 6.37. The predicted molar refractivity (Wildman–Crippen MR) is 93.3 cm³/mol. The van der Waals surface area contributed by atoms with Crippen LogP contribution in [0.25, 0.3) is 0 Å². The van der Waals surface area contributed by atoms with E-state index in [0.717, 1.165) is 26.4 Å². The molecule has 0 aliphatic carbocycles. The Morgan fingerprint density at radius 2 is 2.20 bits per heavy atom. The van der Waals surface area contributed by atoms with Crippen LogP contribution in [0.3, 0.4) is 0 Å². The molecule has 0 saturated heterocycles. The number of thiophene rings is 1. The first-order valence-corrected chi connectivity index (χ1v) is 9.31. The van der Waals surface area contributed by atoms with Crippen molar-refractivity contribution in [2.75, 3.05) is 12.9 Å². The number of hydrogen-bond acceptors (Lipinski definition) is 4. The lowest BCUT2D eigenvalue weighted by molar-refractivity contribution is 0.103. The quantitative estimate of drug-likeness (QED) is 0.549. The zero-order chi connectivity index (χ0) is 14.1. The minimum absolute atomic E-state index is 0.0739. The highest BCUT2D eigenvalue weighted by atomic mass is 127. The Hall–Kier alpha value is -0.530. The van der Waals surface area contributed by atoms with Crippen LogP contribution < -0.4 is 4.74 Å². The molecule has 2 heterocycles. The molecule has 2 aromatic rings. The zero-order valence-electron chi connectivity index (χ0n) is 10.9. The summed E-state index contributed by atoms with van der Waals surface area (Å²) in [5, 5.41) is 0. The van der Waals surface area contributed by atoms with E-state index in [4.69, 9.17) is 4.74 Å². The number of ketones is 1. The fourth-order valence-electron chi connectivity index (χ4n) is 2.25. The molecule has 0 atom stereocenters. The second-order valence-corrected chi connectivity index (χ2v) is 8.02. The van der Waals surface area contributed by atoms with Gasteiger partial charge in [0.25, 0.3) is 0 Å². The van der Waals surface area contributed by atoms with Crippen LogP contribution in [-0.4, -0.2) is 18.6 Å². The number of methoxy groups -OCH3 is 1. The van der Waals surface area contributed by atoms with Crippen molar-refractivity contribution in [1.82, 2.24) is 0 Å². The Morgan fingerprint density at radius 3 is 2.95 bits per heavy atom. The van der Waals surface area contributed by atoms with Gasteiger partial charge in [-0.25, -0.2) is 0 Å². The van der Waals surface area contributed by atoms with Crippen molar-refractivity contribution in [3.63, 3.8) is 0 Å². The second-order valence-electron chi connectivity index (χ2n) is 4.54. The van der Waals surface area contributed by atoms with Crippen LogP contribution in [-0.2, 0) is 12.2 Å². The van der Waals surface area contributed by atoms with Crippen LogP contribution in [0.2, 0.25) is 0 Å². The van der Waals surface area contributed by atoms with Crippen molar-refractivity contribution < 1.29 is 9.53 Å². The van der Waals surface area contributed by atoms with E-state index < -0.39 is 0 Å². The van der Waals surface area contributed by atoms with Crippen LogP contribution in [0.1, 0.15) is 25.7 Å².